The number of hydrogen-bond acceptors (Lipinski definition) is 4. The molecule has 7 nitrogen and oxygen atoms in total. The van der Waals surface area contributed by atoms with Crippen LogP contribution in [0.25, 0.3) is 5.65 Å². The normalized spacial score (nSPS) is 18.2. The lowest BCUT2D eigenvalue weighted by Gasteiger charge is -2.31. The molecule has 0 radical (unpaired) electrons. The number of aromatic nitrogens is 4. The van der Waals surface area contributed by atoms with Crippen LogP contribution in [0.2, 0.25) is 0 Å². The van der Waals surface area contributed by atoms with Gasteiger partial charge in [-0.3, -0.25) is 9.69 Å². The number of carbonyl (C=O) groups is 1. The molecule has 1 aliphatic rings. The molecule has 4 heterocycles. The number of carboxylic acids is 1. The second kappa shape index (κ2) is 5.20. The quantitative estimate of drug-likeness (QED) is 0.766. The van der Waals surface area contributed by atoms with E-state index in [1.807, 2.05) is 40.8 Å². The first-order chi connectivity index (χ1) is 11.1. The van der Waals surface area contributed by atoms with Gasteiger partial charge >= 0.3 is 5.97 Å². The van der Waals surface area contributed by atoms with Crippen LogP contribution in [-0.2, 0) is 17.8 Å². The molecular formula is C16H17N5O2. The number of aromatic amines is 1. The minimum absolute atomic E-state index is 0.490. The van der Waals surface area contributed by atoms with Crippen molar-refractivity contribution in [3.05, 3.63) is 53.5 Å². The van der Waals surface area contributed by atoms with Gasteiger partial charge in [-0.25, -0.2) is 9.97 Å². The van der Waals surface area contributed by atoms with Gasteiger partial charge in [0.2, 0.25) is 0 Å². The summed E-state index contributed by atoms with van der Waals surface area (Å²) < 4.78 is 1.96. The highest BCUT2D eigenvalue weighted by Crippen LogP contribution is 2.28. The largest absolute Gasteiger partial charge is 0.480 e. The fourth-order valence-electron chi connectivity index (χ4n) is 3.19. The Kier molecular flexibility index (Phi) is 3.16. The summed E-state index contributed by atoms with van der Waals surface area (Å²) in [4.78, 5) is 25.5. The maximum absolute atomic E-state index is 11.7. The van der Waals surface area contributed by atoms with Gasteiger partial charge in [0.1, 0.15) is 5.65 Å². The molecule has 0 fully saturated rings. The number of pyridine rings is 1. The second-order valence-corrected chi connectivity index (χ2v) is 5.93. The van der Waals surface area contributed by atoms with Crippen LogP contribution in [0.4, 0.5) is 0 Å². The Morgan fingerprint density at radius 2 is 2.39 bits per heavy atom. The van der Waals surface area contributed by atoms with E-state index in [1.165, 1.54) is 0 Å². The zero-order valence-corrected chi connectivity index (χ0v) is 12.7. The van der Waals surface area contributed by atoms with E-state index < -0.39 is 12.0 Å². The third kappa shape index (κ3) is 2.39. The minimum atomic E-state index is -0.877. The van der Waals surface area contributed by atoms with Crippen LogP contribution in [-0.4, -0.2) is 41.9 Å². The summed E-state index contributed by atoms with van der Waals surface area (Å²) in [5.41, 5.74) is 4.42. The molecule has 0 unspecified atom stereocenters. The number of nitrogens with zero attached hydrogens (tertiary/aromatic N) is 4. The fraction of sp³-hybridized carbons (Fsp3) is 0.312. The summed E-state index contributed by atoms with van der Waals surface area (Å²) >= 11 is 0. The number of fused-ring (bicyclic) bond motifs is 2. The van der Waals surface area contributed by atoms with Crippen LogP contribution >= 0.6 is 0 Å². The number of hydrogen-bond donors (Lipinski definition) is 2. The summed E-state index contributed by atoms with van der Waals surface area (Å²) in [6.07, 6.45) is 6.26. The minimum Gasteiger partial charge on any atom is -0.480 e. The van der Waals surface area contributed by atoms with Crippen LogP contribution in [0.5, 0.6) is 0 Å². The lowest BCUT2D eigenvalue weighted by molar-refractivity contribution is -0.144. The van der Waals surface area contributed by atoms with E-state index in [4.69, 9.17) is 0 Å². The molecule has 0 saturated carbocycles. The molecule has 0 amide bonds. The van der Waals surface area contributed by atoms with Crippen LogP contribution in [0, 0.1) is 6.92 Å². The number of rotatable bonds is 3. The Balaban J connectivity index is 1.65. The molecule has 1 aliphatic heterocycles. The van der Waals surface area contributed by atoms with Gasteiger partial charge in [-0.2, -0.15) is 0 Å². The average molecular weight is 311 g/mol. The van der Waals surface area contributed by atoms with Crippen molar-refractivity contribution in [2.45, 2.75) is 25.9 Å². The highest BCUT2D eigenvalue weighted by atomic mass is 16.4. The van der Waals surface area contributed by atoms with Crippen LogP contribution in [0.1, 0.15) is 28.7 Å². The summed E-state index contributed by atoms with van der Waals surface area (Å²) in [5, 5.41) is 9.61. The Bertz CT molecular complexity index is 882. The maximum atomic E-state index is 11.7. The van der Waals surface area contributed by atoms with Crippen molar-refractivity contribution < 1.29 is 9.90 Å². The van der Waals surface area contributed by atoms with Crippen molar-refractivity contribution in [3.63, 3.8) is 0 Å². The first kappa shape index (κ1) is 14.0. The van der Waals surface area contributed by atoms with E-state index in [1.54, 1.807) is 6.33 Å². The Morgan fingerprint density at radius 3 is 3.22 bits per heavy atom. The molecule has 118 valence electrons. The maximum Gasteiger partial charge on any atom is 0.327 e. The zero-order chi connectivity index (χ0) is 16.0. The molecule has 7 heteroatoms. The second-order valence-electron chi connectivity index (χ2n) is 5.93. The Hall–Kier alpha value is -2.67. The molecule has 0 bridgehead atoms. The van der Waals surface area contributed by atoms with Gasteiger partial charge in [0, 0.05) is 37.6 Å². The highest BCUT2D eigenvalue weighted by molar-refractivity contribution is 5.75. The van der Waals surface area contributed by atoms with Gasteiger partial charge in [0.15, 0.2) is 6.04 Å². The predicted molar refractivity (Wildman–Crippen MR) is 83.0 cm³/mol. The van der Waals surface area contributed by atoms with Gasteiger partial charge in [-0.1, -0.05) is 0 Å². The molecule has 3 aromatic heterocycles. The zero-order valence-electron chi connectivity index (χ0n) is 12.7. The summed E-state index contributed by atoms with van der Waals surface area (Å²) in [5.74, 6) is -0.877. The summed E-state index contributed by atoms with van der Waals surface area (Å²) in [6.45, 7) is 3.18. The molecule has 23 heavy (non-hydrogen) atoms. The van der Waals surface area contributed by atoms with E-state index >= 15 is 0 Å². The molecule has 1 atom stereocenters. The molecule has 2 N–H and O–H groups in total. The average Bonchev–Trinajstić information content (AvgIpc) is 3.11. The number of carboxylic acid groups (broad SMARTS) is 1. The number of nitrogens with one attached hydrogen (secondary N) is 1. The molecule has 0 spiro atoms. The van der Waals surface area contributed by atoms with Gasteiger partial charge in [0.05, 0.1) is 17.7 Å². The molecular weight excluding hydrogens is 294 g/mol. The summed E-state index contributed by atoms with van der Waals surface area (Å²) in [6, 6.07) is 3.31. The third-order valence-electron chi connectivity index (χ3n) is 4.29. The first-order valence-electron chi connectivity index (χ1n) is 7.55. The van der Waals surface area contributed by atoms with E-state index in [9.17, 15) is 9.90 Å². The van der Waals surface area contributed by atoms with Crippen LogP contribution < -0.4 is 0 Å². The standard InChI is InChI=1S/C16H17N5O2/c1-10-2-4-20-7-11(19-13(20)6-10)8-21-5-3-12-14(18-9-17-12)15(21)16(22)23/h2,4,6-7,9,15H,3,5,8H2,1H3,(H,17,18)(H,22,23)/t15-/m1/s1. The van der Waals surface area contributed by atoms with Gasteiger partial charge in [-0.05, 0) is 24.6 Å². The molecule has 0 saturated heterocycles. The topological polar surface area (TPSA) is 86.5 Å². The fourth-order valence-corrected chi connectivity index (χ4v) is 3.19. The van der Waals surface area contributed by atoms with E-state index in [2.05, 4.69) is 15.0 Å². The number of H-pyrrole nitrogens is 1. The van der Waals surface area contributed by atoms with Crippen LogP contribution in [0.3, 0.4) is 0 Å². The Labute approximate surface area is 132 Å². The van der Waals surface area contributed by atoms with E-state index in [0.717, 1.165) is 29.0 Å². The molecule has 0 aromatic carbocycles. The number of imidazole rings is 2. The predicted octanol–water partition coefficient (Wildman–Crippen LogP) is 1.55. The summed E-state index contributed by atoms with van der Waals surface area (Å²) in [7, 11) is 0. The first-order valence-corrected chi connectivity index (χ1v) is 7.55. The lowest BCUT2D eigenvalue weighted by Crippen LogP contribution is -2.39. The monoisotopic (exact) mass is 311 g/mol. The third-order valence-corrected chi connectivity index (χ3v) is 4.29. The smallest absolute Gasteiger partial charge is 0.327 e. The SMILES string of the molecule is Cc1ccn2cc(CN3CCc4[nH]cnc4[C@@H]3C(=O)O)nc2c1. The van der Waals surface area contributed by atoms with Crippen molar-refractivity contribution in [1.29, 1.82) is 0 Å². The van der Waals surface area contributed by atoms with E-state index in [-0.39, 0.29) is 0 Å². The van der Waals surface area contributed by atoms with Crippen molar-refractivity contribution in [1.82, 2.24) is 24.3 Å². The molecule has 0 aliphatic carbocycles. The number of aryl methyl sites for hydroxylation is 1. The lowest BCUT2D eigenvalue weighted by atomic mass is 10.0. The highest BCUT2D eigenvalue weighted by Gasteiger charge is 2.35. The van der Waals surface area contributed by atoms with Crippen molar-refractivity contribution in [2.24, 2.45) is 0 Å². The Morgan fingerprint density at radius 1 is 1.52 bits per heavy atom. The van der Waals surface area contributed by atoms with Crippen molar-refractivity contribution >= 4 is 11.6 Å². The van der Waals surface area contributed by atoms with Crippen molar-refractivity contribution in [3.8, 4) is 0 Å². The molecule has 3 aromatic rings. The molecule has 4 rings (SSSR count). The van der Waals surface area contributed by atoms with Gasteiger partial charge in [-0.15, -0.1) is 0 Å². The number of aliphatic carboxylic acids is 1. The van der Waals surface area contributed by atoms with Gasteiger partial charge in [0.25, 0.3) is 0 Å². The van der Waals surface area contributed by atoms with Gasteiger partial charge < -0.3 is 14.5 Å². The van der Waals surface area contributed by atoms with E-state index in [0.29, 0.717) is 18.8 Å². The van der Waals surface area contributed by atoms with Crippen LogP contribution in [0.15, 0.2) is 30.9 Å². The van der Waals surface area contributed by atoms with Crippen molar-refractivity contribution in [2.75, 3.05) is 6.54 Å².